The van der Waals surface area contributed by atoms with E-state index in [1.165, 1.54) is 58.8 Å². The third-order valence-electron chi connectivity index (χ3n) is 10.8. The predicted molar refractivity (Wildman–Crippen MR) is 235 cm³/mol. The van der Waals surface area contributed by atoms with Crippen LogP contribution in [0.25, 0.3) is 86.3 Å². The standard InChI is InChI=1S/C52H33NOS/c1-2-13-34(14-3-1)37-31-38(43-21-12-26-50-51(43)46-19-7-9-25-49(46)55-50)33-40(32-37)53(47-23-11-22-45-44-18-6-8-24-48(44)54-52(45)47)39-29-27-36(28-30-39)42-20-10-16-35-15-4-5-17-41(35)42/h1-33H. The summed E-state index contributed by atoms with van der Waals surface area (Å²) in [5.74, 6) is 0. The molecule has 3 heteroatoms. The molecule has 2 heterocycles. The second kappa shape index (κ2) is 12.9. The molecule has 0 atom stereocenters. The lowest BCUT2D eigenvalue weighted by atomic mass is 9.94. The Hall–Kier alpha value is -6.94. The van der Waals surface area contributed by atoms with Crippen LogP contribution >= 0.6 is 11.3 Å². The van der Waals surface area contributed by atoms with E-state index in [4.69, 9.17) is 4.42 Å². The molecule has 0 spiro atoms. The van der Waals surface area contributed by atoms with Crippen LogP contribution in [0.5, 0.6) is 0 Å². The minimum atomic E-state index is 0.861. The minimum absolute atomic E-state index is 0.861. The molecule has 0 bridgehead atoms. The molecule has 0 amide bonds. The van der Waals surface area contributed by atoms with E-state index in [1.807, 2.05) is 17.4 Å². The van der Waals surface area contributed by atoms with Gasteiger partial charge >= 0.3 is 0 Å². The molecular weight excluding hydrogens is 687 g/mol. The Bertz CT molecular complexity index is 3200. The fourth-order valence-corrected chi connectivity index (χ4v) is 9.44. The molecule has 0 aliphatic rings. The van der Waals surface area contributed by atoms with Gasteiger partial charge in [0.25, 0.3) is 0 Å². The number of rotatable bonds is 6. The summed E-state index contributed by atoms with van der Waals surface area (Å²) in [7, 11) is 0. The zero-order chi connectivity index (χ0) is 36.3. The van der Waals surface area contributed by atoms with Gasteiger partial charge in [0.05, 0.1) is 5.69 Å². The van der Waals surface area contributed by atoms with Crippen LogP contribution in [-0.2, 0) is 0 Å². The van der Waals surface area contributed by atoms with Crippen molar-refractivity contribution in [3.63, 3.8) is 0 Å². The van der Waals surface area contributed by atoms with E-state index in [2.05, 4.69) is 199 Å². The average Bonchev–Trinajstić information content (AvgIpc) is 3.83. The lowest BCUT2D eigenvalue weighted by molar-refractivity contribution is 0.669. The maximum absolute atomic E-state index is 6.73. The Labute approximate surface area is 322 Å². The molecule has 9 aromatic carbocycles. The summed E-state index contributed by atoms with van der Waals surface area (Å²) in [4.78, 5) is 2.37. The first kappa shape index (κ1) is 31.6. The molecule has 55 heavy (non-hydrogen) atoms. The van der Waals surface area contributed by atoms with Gasteiger partial charge in [-0.1, -0.05) is 146 Å². The van der Waals surface area contributed by atoms with Crippen LogP contribution in [0.3, 0.4) is 0 Å². The van der Waals surface area contributed by atoms with E-state index >= 15 is 0 Å². The Kier molecular flexibility index (Phi) is 7.39. The smallest absolute Gasteiger partial charge is 0.159 e. The number of fused-ring (bicyclic) bond motifs is 7. The van der Waals surface area contributed by atoms with Crippen LogP contribution in [0.15, 0.2) is 205 Å². The number of hydrogen-bond donors (Lipinski definition) is 0. The van der Waals surface area contributed by atoms with Gasteiger partial charge in [0.15, 0.2) is 5.58 Å². The Morgan fingerprint density at radius 1 is 0.382 bits per heavy atom. The molecule has 0 aliphatic carbocycles. The van der Waals surface area contributed by atoms with Gasteiger partial charge in [-0.25, -0.2) is 0 Å². The molecule has 11 aromatic rings. The van der Waals surface area contributed by atoms with Crippen molar-refractivity contribution in [3.05, 3.63) is 200 Å². The molecule has 2 nitrogen and oxygen atoms in total. The highest BCUT2D eigenvalue weighted by molar-refractivity contribution is 7.25. The number of benzene rings is 9. The van der Waals surface area contributed by atoms with E-state index in [0.29, 0.717) is 0 Å². The van der Waals surface area contributed by atoms with Gasteiger partial charge in [0, 0.05) is 42.3 Å². The quantitative estimate of drug-likeness (QED) is 0.170. The summed E-state index contributed by atoms with van der Waals surface area (Å²) in [6.45, 7) is 0. The Morgan fingerprint density at radius 3 is 1.93 bits per heavy atom. The van der Waals surface area contributed by atoms with Crippen LogP contribution < -0.4 is 4.90 Å². The van der Waals surface area contributed by atoms with Crippen LogP contribution in [0.1, 0.15) is 0 Å². The predicted octanol–water partition coefficient (Wildman–Crippen LogP) is 15.6. The normalized spacial score (nSPS) is 11.6. The summed E-state index contributed by atoms with van der Waals surface area (Å²) in [6.07, 6.45) is 0. The van der Waals surface area contributed by atoms with Gasteiger partial charge in [-0.3, -0.25) is 0 Å². The van der Waals surface area contributed by atoms with Crippen LogP contribution in [-0.4, -0.2) is 0 Å². The molecule has 0 N–H and O–H groups in total. The highest BCUT2D eigenvalue weighted by Crippen LogP contribution is 2.47. The zero-order valence-corrected chi connectivity index (χ0v) is 30.6. The van der Waals surface area contributed by atoms with Gasteiger partial charge < -0.3 is 9.32 Å². The van der Waals surface area contributed by atoms with E-state index < -0.39 is 0 Å². The van der Waals surface area contributed by atoms with Gasteiger partial charge in [-0.2, -0.15) is 0 Å². The monoisotopic (exact) mass is 719 g/mol. The number of para-hydroxylation sites is 2. The van der Waals surface area contributed by atoms with Gasteiger partial charge in [-0.15, -0.1) is 11.3 Å². The van der Waals surface area contributed by atoms with Crippen molar-refractivity contribution >= 4 is 81.3 Å². The molecule has 0 unspecified atom stereocenters. The average molecular weight is 720 g/mol. The SMILES string of the molecule is c1ccc(-c2cc(-c3cccc4sc5ccccc5c34)cc(N(c3ccc(-c4cccc5ccccc45)cc3)c3cccc4c3oc3ccccc34)c2)cc1. The highest BCUT2D eigenvalue weighted by atomic mass is 32.1. The van der Waals surface area contributed by atoms with Crippen molar-refractivity contribution in [2.45, 2.75) is 0 Å². The first-order valence-corrected chi connectivity index (χ1v) is 19.5. The van der Waals surface area contributed by atoms with E-state index in [9.17, 15) is 0 Å². The number of furan rings is 1. The molecule has 11 rings (SSSR count). The van der Waals surface area contributed by atoms with Crippen LogP contribution in [0.4, 0.5) is 17.1 Å². The molecule has 0 saturated heterocycles. The summed E-state index contributed by atoms with van der Waals surface area (Å²) < 4.78 is 9.32. The van der Waals surface area contributed by atoms with Crippen molar-refractivity contribution in [1.29, 1.82) is 0 Å². The topological polar surface area (TPSA) is 16.4 Å². The third kappa shape index (κ3) is 5.32. The van der Waals surface area contributed by atoms with Crippen molar-refractivity contribution in [1.82, 2.24) is 0 Å². The fourth-order valence-electron chi connectivity index (χ4n) is 8.31. The summed E-state index contributed by atoms with van der Waals surface area (Å²) in [5, 5.41) is 7.28. The maximum Gasteiger partial charge on any atom is 0.159 e. The van der Waals surface area contributed by atoms with Gasteiger partial charge in [0.2, 0.25) is 0 Å². The van der Waals surface area contributed by atoms with E-state index in [1.54, 1.807) is 0 Å². The second-order valence-corrected chi connectivity index (χ2v) is 15.2. The third-order valence-corrected chi connectivity index (χ3v) is 12.0. The van der Waals surface area contributed by atoms with E-state index in [-0.39, 0.29) is 0 Å². The van der Waals surface area contributed by atoms with Crippen LogP contribution in [0.2, 0.25) is 0 Å². The number of nitrogens with zero attached hydrogens (tertiary/aromatic N) is 1. The lowest BCUT2D eigenvalue weighted by Crippen LogP contribution is -2.10. The first-order valence-electron chi connectivity index (χ1n) is 18.7. The Balaban J connectivity index is 1.17. The maximum atomic E-state index is 6.73. The number of hydrogen-bond acceptors (Lipinski definition) is 3. The van der Waals surface area contributed by atoms with Crippen molar-refractivity contribution < 1.29 is 4.42 Å². The molecule has 0 aliphatic heterocycles. The number of thiophene rings is 1. The Morgan fingerprint density at radius 2 is 1.04 bits per heavy atom. The minimum Gasteiger partial charge on any atom is -0.454 e. The zero-order valence-electron chi connectivity index (χ0n) is 29.8. The largest absolute Gasteiger partial charge is 0.454 e. The number of anilines is 3. The van der Waals surface area contributed by atoms with Gasteiger partial charge in [0.1, 0.15) is 5.58 Å². The highest BCUT2D eigenvalue weighted by Gasteiger charge is 2.22. The van der Waals surface area contributed by atoms with Crippen molar-refractivity contribution in [2.24, 2.45) is 0 Å². The molecule has 2 aromatic heterocycles. The summed E-state index contributed by atoms with van der Waals surface area (Å²) in [5.41, 5.74) is 11.9. The molecule has 0 radical (unpaired) electrons. The lowest BCUT2D eigenvalue weighted by Gasteiger charge is -2.27. The van der Waals surface area contributed by atoms with E-state index in [0.717, 1.165) is 44.6 Å². The molecular formula is C52H33NOS. The second-order valence-electron chi connectivity index (χ2n) is 14.1. The summed E-state index contributed by atoms with van der Waals surface area (Å²) >= 11 is 1.86. The van der Waals surface area contributed by atoms with Gasteiger partial charge in [-0.05, 0) is 98.8 Å². The van der Waals surface area contributed by atoms with Crippen LogP contribution in [0, 0.1) is 0 Å². The first-order chi connectivity index (χ1) is 27.3. The fraction of sp³-hybridized carbons (Fsp3) is 0. The molecule has 0 fully saturated rings. The molecule has 258 valence electrons. The molecule has 0 saturated carbocycles. The van der Waals surface area contributed by atoms with Crippen molar-refractivity contribution in [2.75, 3.05) is 4.90 Å². The van der Waals surface area contributed by atoms with Crippen molar-refractivity contribution in [3.8, 4) is 33.4 Å². The summed E-state index contributed by atoms with van der Waals surface area (Å²) in [6, 6.07) is 72.2.